The molecule has 4 heteroatoms. The van der Waals surface area contributed by atoms with Crippen LogP contribution in [0.2, 0.25) is 0 Å². The predicted octanol–water partition coefficient (Wildman–Crippen LogP) is 3.51. The summed E-state index contributed by atoms with van der Waals surface area (Å²) in [6.45, 7) is 2.13. The van der Waals surface area contributed by atoms with Gasteiger partial charge in [0.2, 0.25) is 0 Å². The summed E-state index contributed by atoms with van der Waals surface area (Å²) in [4.78, 5) is 1.36. The van der Waals surface area contributed by atoms with E-state index in [1.54, 1.807) is 11.3 Å². The van der Waals surface area contributed by atoms with Crippen LogP contribution in [0.25, 0.3) is 0 Å². The Labute approximate surface area is 103 Å². The second-order valence-corrected chi connectivity index (χ2v) is 6.76. The zero-order valence-electron chi connectivity index (χ0n) is 8.92. The first-order valence-electron chi connectivity index (χ1n) is 5.42. The molecule has 3 N–H and O–H groups in total. The van der Waals surface area contributed by atoms with Gasteiger partial charge in [0.1, 0.15) is 0 Å². The monoisotopic (exact) mass is 288 g/mol. The average molecular weight is 289 g/mol. The first-order chi connectivity index (χ1) is 7.20. The zero-order chi connectivity index (χ0) is 10.8. The summed E-state index contributed by atoms with van der Waals surface area (Å²) in [5.41, 5.74) is 4.26. The van der Waals surface area contributed by atoms with Gasteiger partial charge in [-0.25, -0.2) is 0 Å². The molecule has 0 aromatic carbocycles. The summed E-state index contributed by atoms with van der Waals surface area (Å²) >= 11 is 5.36. The summed E-state index contributed by atoms with van der Waals surface area (Å²) < 4.78 is 1.23. The fourth-order valence-corrected chi connectivity index (χ4v) is 3.63. The van der Waals surface area contributed by atoms with Crippen molar-refractivity contribution in [3.8, 4) is 0 Å². The van der Waals surface area contributed by atoms with Gasteiger partial charge in [-0.2, -0.15) is 0 Å². The van der Waals surface area contributed by atoms with Crippen LogP contribution in [-0.4, -0.2) is 0 Å². The van der Waals surface area contributed by atoms with E-state index in [1.807, 2.05) is 0 Å². The van der Waals surface area contributed by atoms with Crippen molar-refractivity contribution in [3.05, 3.63) is 20.3 Å². The van der Waals surface area contributed by atoms with Gasteiger partial charge in [-0.3, -0.25) is 11.3 Å². The van der Waals surface area contributed by atoms with E-state index < -0.39 is 0 Å². The van der Waals surface area contributed by atoms with Gasteiger partial charge in [0.05, 0.1) is 9.83 Å². The number of hydrazine groups is 1. The Hall–Kier alpha value is 0.100. The molecule has 0 saturated heterocycles. The Morgan fingerprint density at radius 3 is 2.80 bits per heavy atom. The molecular weight excluding hydrogens is 272 g/mol. The van der Waals surface area contributed by atoms with Crippen LogP contribution < -0.4 is 11.3 Å². The molecule has 2 nitrogen and oxygen atoms in total. The fraction of sp³-hybridized carbons (Fsp3) is 0.636. The maximum Gasteiger partial charge on any atom is 0.0731 e. The maximum atomic E-state index is 5.63. The van der Waals surface area contributed by atoms with Gasteiger partial charge in [-0.15, -0.1) is 11.3 Å². The lowest BCUT2D eigenvalue weighted by molar-refractivity contribution is 0.263. The van der Waals surface area contributed by atoms with Crippen LogP contribution in [0.15, 0.2) is 9.85 Å². The lowest BCUT2D eigenvalue weighted by Crippen LogP contribution is -2.30. The minimum atomic E-state index is 0.338. The van der Waals surface area contributed by atoms with Gasteiger partial charge in [-0.1, -0.05) is 19.3 Å². The van der Waals surface area contributed by atoms with Gasteiger partial charge in [-0.05, 0) is 46.8 Å². The number of hydrogen-bond acceptors (Lipinski definition) is 3. The lowest BCUT2D eigenvalue weighted by Gasteiger charge is -2.28. The third kappa shape index (κ3) is 2.61. The SMILES string of the molecule is Cc1cc(C(CC2CCC2)NN)sc1Br. The van der Waals surface area contributed by atoms with Crippen LogP contribution in [-0.2, 0) is 0 Å². The van der Waals surface area contributed by atoms with E-state index >= 15 is 0 Å². The highest BCUT2D eigenvalue weighted by molar-refractivity contribution is 9.11. The van der Waals surface area contributed by atoms with Crippen molar-refractivity contribution in [3.63, 3.8) is 0 Å². The molecule has 1 heterocycles. The van der Waals surface area contributed by atoms with E-state index in [0.29, 0.717) is 6.04 Å². The maximum absolute atomic E-state index is 5.63. The third-order valence-electron chi connectivity index (χ3n) is 3.21. The number of halogens is 1. The number of aryl methyl sites for hydroxylation is 1. The highest BCUT2D eigenvalue weighted by Gasteiger charge is 2.23. The standard InChI is InChI=1S/C11H17BrN2S/c1-7-5-10(15-11(7)12)9(14-13)6-8-3-2-4-8/h5,8-9,14H,2-4,6,13H2,1H3. The van der Waals surface area contributed by atoms with Crippen LogP contribution >= 0.6 is 27.3 Å². The topological polar surface area (TPSA) is 38.0 Å². The second kappa shape index (κ2) is 4.95. The smallest absolute Gasteiger partial charge is 0.0731 e. The molecule has 1 atom stereocenters. The summed E-state index contributed by atoms with van der Waals surface area (Å²) in [6, 6.07) is 2.57. The molecule has 1 fully saturated rings. The summed E-state index contributed by atoms with van der Waals surface area (Å²) in [6.07, 6.45) is 5.34. The minimum Gasteiger partial charge on any atom is -0.271 e. The Balaban J connectivity index is 2.04. The van der Waals surface area contributed by atoms with E-state index in [2.05, 4.69) is 34.3 Å². The van der Waals surface area contributed by atoms with E-state index in [9.17, 15) is 0 Å². The Kier molecular flexibility index (Phi) is 3.83. The van der Waals surface area contributed by atoms with E-state index in [1.165, 1.54) is 39.9 Å². The van der Waals surface area contributed by atoms with Crippen LogP contribution in [0.3, 0.4) is 0 Å². The van der Waals surface area contributed by atoms with Gasteiger partial charge >= 0.3 is 0 Å². The molecule has 15 heavy (non-hydrogen) atoms. The van der Waals surface area contributed by atoms with Crippen molar-refractivity contribution in [2.24, 2.45) is 11.8 Å². The lowest BCUT2D eigenvalue weighted by atomic mass is 9.81. The largest absolute Gasteiger partial charge is 0.271 e. The van der Waals surface area contributed by atoms with Crippen molar-refractivity contribution in [1.82, 2.24) is 5.43 Å². The molecule has 0 spiro atoms. The summed E-state index contributed by atoms with van der Waals surface area (Å²) in [5, 5.41) is 0. The number of rotatable bonds is 4. The van der Waals surface area contributed by atoms with Crippen LogP contribution in [0, 0.1) is 12.8 Å². The summed E-state index contributed by atoms with van der Waals surface area (Å²) in [5.74, 6) is 6.51. The molecule has 1 aliphatic carbocycles. The highest BCUT2D eigenvalue weighted by Crippen LogP contribution is 2.38. The van der Waals surface area contributed by atoms with E-state index in [4.69, 9.17) is 5.84 Å². The quantitative estimate of drug-likeness (QED) is 0.657. The minimum absolute atomic E-state index is 0.338. The molecule has 0 bridgehead atoms. The number of nitrogens with one attached hydrogen (secondary N) is 1. The third-order valence-corrected chi connectivity index (χ3v) is 5.46. The molecule has 0 aliphatic heterocycles. The number of hydrogen-bond donors (Lipinski definition) is 2. The van der Waals surface area contributed by atoms with Gasteiger partial charge in [0.15, 0.2) is 0 Å². The number of nitrogens with two attached hydrogens (primary N) is 1. The first-order valence-corrected chi connectivity index (χ1v) is 7.03. The Morgan fingerprint density at radius 1 is 1.67 bits per heavy atom. The average Bonchev–Trinajstić information content (AvgIpc) is 2.45. The summed E-state index contributed by atoms with van der Waals surface area (Å²) in [7, 11) is 0. The molecule has 0 radical (unpaired) electrons. The molecule has 1 unspecified atom stereocenters. The molecule has 0 amide bonds. The van der Waals surface area contributed by atoms with Gasteiger partial charge in [0.25, 0.3) is 0 Å². The van der Waals surface area contributed by atoms with Crippen molar-refractivity contribution >= 4 is 27.3 Å². The molecule has 1 aliphatic rings. The highest BCUT2D eigenvalue weighted by atomic mass is 79.9. The zero-order valence-corrected chi connectivity index (χ0v) is 11.3. The number of thiophene rings is 1. The van der Waals surface area contributed by atoms with Crippen molar-refractivity contribution < 1.29 is 0 Å². The Bertz CT molecular complexity index is 314. The van der Waals surface area contributed by atoms with Crippen LogP contribution in [0.4, 0.5) is 0 Å². The Morgan fingerprint density at radius 2 is 2.40 bits per heavy atom. The molecular formula is C11H17BrN2S. The van der Waals surface area contributed by atoms with Crippen molar-refractivity contribution in [2.75, 3.05) is 0 Å². The molecule has 2 rings (SSSR count). The van der Waals surface area contributed by atoms with Crippen LogP contribution in [0.5, 0.6) is 0 Å². The fourth-order valence-electron chi connectivity index (χ4n) is 1.98. The van der Waals surface area contributed by atoms with E-state index in [-0.39, 0.29) is 0 Å². The van der Waals surface area contributed by atoms with Gasteiger partial charge in [0, 0.05) is 4.88 Å². The predicted molar refractivity (Wildman–Crippen MR) is 68.8 cm³/mol. The van der Waals surface area contributed by atoms with Gasteiger partial charge < -0.3 is 0 Å². The second-order valence-electron chi connectivity index (χ2n) is 4.36. The van der Waals surface area contributed by atoms with Crippen molar-refractivity contribution in [2.45, 2.75) is 38.6 Å². The molecule has 1 saturated carbocycles. The molecule has 1 aromatic heterocycles. The normalized spacial score (nSPS) is 18.9. The van der Waals surface area contributed by atoms with Crippen molar-refractivity contribution in [1.29, 1.82) is 0 Å². The molecule has 84 valence electrons. The first kappa shape index (κ1) is 11.6. The molecule has 1 aromatic rings. The van der Waals surface area contributed by atoms with E-state index in [0.717, 1.165) is 5.92 Å². The van der Waals surface area contributed by atoms with Crippen LogP contribution in [0.1, 0.15) is 42.2 Å².